The Morgan fingerprint density at radius 2 is 1.90 bits per heavy atom. The van der Waals surface area contributed by atoms with E-state index in [2.05, 4.69) is 0 Å². The molecule has 0 radical (unpaired) electrons. The zero-order valence-corrected chi connectivity index (χ0v) is 12.2. The van der Waals surface area contributed by atoms with E-state index in [1.807, 2.05) is 13.0 Å². The highest BCUT2D eigenvalue weighted by molar-refractivity contribution is 6.31. The minimum Gasteiger partial charge on any atom is -0.489 e. The largest absolute Gasteiger partial charge is 0.489 e. The summed E-state index contributed by atoms with van der Waals surface area (Å²) in [6, 6.07) is 9.93. The number of carboxylic acid groups (broad SMARTS) is 1. The van der Waals surface area contributed by atoms with Gasteiger partial charge in [0.1, 0.15) is 12.4 Å². The van der Waals surface area contributed by atoms with Crippen LogP contribution in [0.25, 0.3) is 0 Å². The van der Waals surface area contributed by atoms with Crippen LogP contribution in [0.1, 0.15) is 21.5 Å². The Labute approximate surface area is 126 Å². The molecule has 0 spiro atoms. The van der Waals surface area contributed by atoms with Crippen LogP contribution in [0.5, 0.6) is 5.75 Å². The summed E-state index contributed by atoms with van der Waals surface area (Å²) in [6.07, 6.45) is 0. The van der Waals surface area contributed by atoms with Crippen molar-refractivity contribution in [3.8, 4) is 5.75 Å². The van der Waals surface area contributed by atoms with Gasteiger partial charge in [0.25, 0.3) is 0 Å². The summed E-state index contributed by atoms with van der Waals surface area (Å²) in [6.45, 7) is 2.16. The molecule has 3 nitrogen and oxygen atoms in total. The number of hydrogen-bond acceptors (Lipinski definition) is 2. The third kappa shape index (κ3) is 3.44. The molecule has 0 aliphatic carbocycles. The Morgan fingerprint density at radius 1 is 1.15 bits per heavy atom. The van der Waals surface area contributed by atoms with Crippen molar-refractivity contribution in [1.29, 1.82) is 0 Å². The van der Waals surface area contributed by atoms with Gasteiger partial charge in [0.2, 0.25) is 0 Å². The minimum absolute atomic E-state index is 0.154. The van der Waals surface area contributed by atoms with E-state index in [9.17, 15) is 4.79 Å². The van der Waals surface area contributed by atoms with Crippen LogP contribution in [0.15, 0.2) is 36.4 Å². The molecular weight excluding hydrogens is 299 g/mol. The molecule has 5 heteroatoms. The molecule has 2 aromatic carbocycles. The van der Waals surface area contributed by atoms with Crippen LogP contribution in [0.3, 0.4) is 0 Å². The van der Waals surface area contributed by atoms with Crippen LogP contribution < -0.4 is 4.74 Å². The fraction of sp³-hybridized carbons (Fsp3) is 0.133. The SMILES string of the molecule is Cc1cc(OCc2ccc(C(=O)O)cc2Cl)ccc1Cl. The summed E-state index contributed by atoms with van der Waals surface area (Å²) in [7, 11) is 0. The van der Waals surface area contributed by atoms with E-state index in [-0.39, 0.29) is 12.2 Å². The van der Waals surface area contributed by atoms with E-state index in [1.54, 1.807) is 18.2 Å². The Kier molecular flexibility index (Phi) is 4.53. The van der Waals surface area contributed by atoms with Crippen molar-refractivity contribution in [2.24, 2.45) is 0 Å². The van der Waals surface area contributed by atoms with Crippen LogP contribution >= 0.6 is 23.2 Å². The van der Waals surface area contributed by atoms with Gasteiger partial charge in [-0.05, 0) is 42.8 Å². The molecule has 1 N–H and O–H groups in total. The molecule has 0 atom stereocenters. The topological polar surface area (TPSA) is 46.5 Å². The van der Waals surface area contributed by atoms with Gasteiger partial charge in [-0.15, -0.1) is 0 Å². The maximum atomic E-state index is 10.8. The standard InChI is InChI=1S/C15H12Cl2O3/c1-9-6-12(4-5-13(9)16)20-8-11-3-2-10(15(18)19)7-14(11)17/h2-7H,8H2,1H3,(H,18,19). The maximum Gasteiger partial charge on any atom is 0.335 e. The molecule has 2 rings (SSSR count). The summed E-state index contributed by atoms with van der Waals surface area (Å²) >= 11 is 12.0. The van der Waals surface area contributed by atoms with Gasteiger partial charge in [0.15, 0.2) is 0 Å². The van der Waals surface area contributed by atoms with Crippen LogP contribution in [-0.2, 0) is 6.61 Å². The highest BCUT2D eigenvalue weighted by Crippen LogP contribution is 2.24. The number of aromatic carboxylic acids is 1. The summed E-state index contributed by atoms with van der Waals surface area (Å²) in [4.78, 5) is 10.8. The monoisotopic (exact) mass is 310 g/mol. The van der Waals surface area contributed by atoms with Crippen LogP contribution in [0.4, 0.5) is 0 Å². The fourth-order valence-corrected chi connectivity index (χ4v) is 2.02. The lowest BCUT2D eigenvalue weighted by Crippen LogP contribution is -2.00. The smallest absolute Gasteiger partial charge is 0.335 e. The fourth-order valence-electron chi connectivity index (χ4n) is 1.67. The zero-order chi connectivity index (χ0) is 14.7. The van der Waals surface area contributed by atoms with Crippen LogP contribution in [-0.4, -0.2) is 11.1 Å². The lowest BCUT2D eigenvalue weighted by molar-refractivity contribution is 0.0697. The number of ether oxygens (including phenoxy) is 1. The molecule has 0 aliphatic heterocycles. The summed E-state index contributed by atoms with van der Waals surface area (Å²) < 4.78 is 5.62. The van der Waals surface area contributed by atoms with E-state index < -0.39 is 5.97 Å². The van der Waals surface area contributed by atoms with E-state index in [0.29, 0.717) is 15.8 Å². The predicted octanol–water partition coefficient (Wildman–Crippen LogP) is 4.58. The van der Waals surface area contributed by atoms with E-state index in [1.165, 1.54) is 12.1 Å². The maximum absolute atomic E-state index is 10.8. The van der Waals surface area contributed by atoms with Crippen molar-refractivity contribution in [2.45, 2.75) is 13.5 Å². The Balaban J connectivity index is 2.10. The van der Waals surface area contributed by atoms with Gasteiger partial charge in [-0.1, -0.05) is 29.3 Å². The third-order valence-corrected chi connectivity index (χ3v) is 3.60. The zero-order valence-electron chi connectivity index (χ0n) is 10.7. The molecule has 0 unspecified atom stereocenters. The summed E-state index contributed by atoms with van der Waals surface area (Å²) in [5.41, 5.74) is 1.81. The number of rotatable bonds is 4. The average molecular weight is 311 g/mol. The molecule has 0 saturated heterocycles. The van der Waals surface area contributed by atoms with Crippen molar-refractivity contribution >= 4 is 29.2 Å². The van der Waals surface area contributed by atoms with Crippen molar-refractivity contribution in [2.75, 3.05) is 0 Å². The Morgan fingerprint density at radius 3 is 2.50 bits per heavy atom. The van der Waals surface area contributed by atoms with E-state index in [0.717, 1.165) is 11.1 Å². The predicted molar refractivity (Wildman–Crippen MR) is 78.9 cm³/mol. The lowest BCUT2D eigenvalue weighted by Gasteiger charge is -2.09. The highest BCUT2D eigenvalue weighted by Gasteiger charge is 2.08. The second kappa shape index (κ2) is 6.16. The second-order valence-corrected chi connectivity index (χ2v) is 5.13. The van der Waals surface area contributed by atoms with Crippen molar-refractivity contribution in [3.05, 3.63) is 63.1 Å². The summed E-state index contributed by atoms with van der Waals surface area (Å²) in [5, 5.41) is 9.91. The van der Waals surface area contributed by atoms with Gasteiger partial charge < -0.3 is 9.84 Å². The number of benzene rings is 2. The Bertz CT molecular complexity index is 654. The minimum atomic E-state index is -1.01. The van der Waals surface area contributed by atoms with Gasteiger partial charge in [0, 0.05) is 15.6 Å². The second-order valence-electron chi connectivity index (χ2n) is 4.31. The molecule has 104 valence electrons. The first kappa shape index (κ1) is 14.7. The first-order valence-corrected chi connectivity index (χ1v) is 6.63. The molecule has 20 heavy (non-hydrogen) atoms. The normalized spacial score (nSPS) is 10.3. The molecule has 0 fully saturated rings. The lowest BCUT2D eigenvalue weighted by atomic mass is 10.1. The molecule has 0 amide bonds. The number of carboxylic acids is 1. The van der Waals surface area contributed by atoms with Crippen molar-refractivity contribution < 1.29 is 14.6 Å². The molecule has 0 saturated carbocycles. The molecule has 0 bridgehead atoms. The van der Waals surface area contributed by atoms with E-state index >= 15 is 0 Å². The molecule has 0 heterocycles. The van der Waals surface area contributed by atoms with Crippen LogP contribution in [0.2, 0.25) is 10.0 Å². The Hall–Kier alpha value is -1.71. The van der Waals surface area contributed by atoms with Crippen molar-refractivity contribution in [1.82, 2.24) is 0 Å². The van der Waals surface area contributed by atoms with Gasteiger partial charge in [-0.3, -0.25) is 0 Å². The first-order chi connectivity index (χ1) is 9.47. The average Bonchev–Trinajstić information content (AvgIpc) is 2.41. The summed E-state index contributed by atoms with van der Waals surface area (Å²) in [5.74, 6) is -0.321. The number of aryl methyl sites for hydroxylation is 1. The first-order valence-electron chi connectivity index (χ1n) is 5.88. The molecule has 0 aliphatic rings. The number of hydrogen-bond donors (Lipinski definition) is 1. The van der Waals surface area contributed by atoms with Gasteiger partial charge in [-0.25, -0.2) is 4.79 Å². The van der Waals surface area contributed by atoms with Gasteiger partial charge in [0.05, 0.1) is 5.56 Å². The molecule has 0 aromatic heterocycles. The van der Waals surface area contributed by atoms with Gasteiger partial charge in [-0.2, -0.15) is 0 Å². The van der Waals surface area contributed by atoms with E-state index in [4.69, 9.17) is 33.0 Å². The third-order valence-electron chi connectivity index (χ3n) is 2.82. The number of carbonyl (C=O) groups is 1. The van der Waals surface area contributed by atoms with Crippen LogP contribution in [0, 0.1) is 6.92 Å². The van der Waals surface area contributed by atoms with Crippen molar-refractivity contribution in [3.63, 3.8) is 0 Å². The molecule has 2 aromatic rings. The van der Waals surface area contributed by atoms with Gasteiger partial charge >= 0.3 is 5.97 Å². The molecular formula is C15H12Cl2O3. The number of halogens is 2. The quantitative estimate of drug-likeness (QED) is 0.899. The highest BCUT2D eigenvalue weighted by atomic mass is 35.5.